The fourth-order valence-electron chi connectivity index (χ4n) is 2.72. The van der Waals surface area contributed by atoms with Gasteiger partial charge in [0.25, 0.3) is 0 Å². The molecular weight excluding hydrogens is 294 g/mol. The van der Waals surface area contributed by atoms with Gasteiger partial charge < -0.3 is 14.7 Å². The van der Waals surface area contributed by atoms with Gasteiger partial charge in [0.15, 0.2) is 0 Å². The standard InChI is InChI=1S/C18H25NO4/c1-13(2)8-10-23-15-7-9-19(12-15)17(20)11-14-5-3-4-6-16(14)18(21)22/h3-6,13,15H,7-12H2,1-2H3,(H,21,22). The maximum atomic E-state index is 12.4. The van der Waals surface area contributed by atoms with E-state index >= 15 is 0 Å². The van der Waals surface area contributed by atoms with E-state index < -0.39 is 5.97 Å². The number of carbonyl (C=O) groups excluding carboxylic acids is 1. The average molecular weight is 319 g/mol. The third kappa shape index (κ3) is 5.06. The van der Waals surface area contributed by atoms with E-state index in [4.69, 9.17) is 4.74 Å². The van der Waals surface area contributed by atoms with Crippen LogP contribution in [0.25, 0.3) is 0 Å². The number of carboxylic acid groups (broad SMARTS) is 1. The highest BCUT2D eigenvalue weighted by Gasteiger charge is 2.27. The average Bonchev–Trinajstić information content (AvgIpc) is 2.96. The zero-order chi connectivity index (χ0) is 16.8. The quantitative estimate of drug-likeness (QED) is 0.839. The molecule has 1 atom stereocenters. The zero-order valence-electron chi connectivity index (χ0n) is 13.8. The minimum absolute atomic E-state index is 0.0336. The lowest BCUT2D eigenvalue weighted by atomic mass is 10.0. The molecule has 23 heavy (non-hydrogen) atoms. The highest BCUT2D eigenvalue weighted by atomic mass is 16.5. The van der Waals surface area contributed by atoms with Gasteiger partial charge in [-0.2, -0.15) is 0 Å². The molecule has 126 valence electrons. The molecule has 2 rings (SSSR count). The van der Waals surface area contributed by atoms with Gasteiger partial charge in [-0.15, -0.1) is 0 Å². The summed E-state index contributed by atoms with van der Waals surface area (Å²) in [5, 5.41) is 9.18. The van der Waals surface area contributed by atoms with Crippen LogP contribution in [-0.4, -0.2) is 47.7 Å². The summed E-state index contributed by atoms with van der Waals surface area (Å²) in [6.07, 6.45) is 2.11. The van der Waals surface area contributed by atoms with E-state index in [9.17, 15) is 14.7 Å². The van der Waals surface area contributed by atoms with Gasteiger partial charge in [0, 0.05) is 19.7 Å². The third-order valence-corrected chi connectivity index (χ3v) is 4.14. The first-order chi connectivity index (χ1) is 11.0. The van der Waals surface area contributed by atoms with E-state index in [-0.39, 0.29) is 24.0 Å². The minimum Gasteiger partial charge on any atom is -0.478 e. The van der Waals surface area contributed by atoms with Crippen LogP contribution in [0.5, 0.6) is 0 Å². The molecule has 1 unspecified atom stereocenters. The topological polar surface area (TPSA) is 66.8 Å². The van der Waals surface area contributed by atoms with Crippen LogP contribution in [0.1, 0.15) is 42.6 Å². The van der Waals surface area contributed by atoms with Crippen LogP contribution in [0.15, 0.2) is 24.3 Å². The second-order valence-electron chi connectivity index (χ2n) is 6.44. The number of rotatable bonds is 7. The molecule has 1 fully saturated rings. The van der Waals surface area contributed by atoms with Gasteiger partial charge in [-0.3, -0.25) is 4.79 Å². The fourth-order valence-corrected chi connectivity index (χ4v) is 2.72. The van der Waals surface area contributed by atoms with Gasteiger partial charge in [0.05, 0.1) is 18.1 Å². The highest BCUT2D eigenvalue weighted by Crippen LogP contribution is 2.17. The molecule has 1 aromatic carbocycles. The Bertz CT molecular complexity index is 556. The maximum Gasteiger partial charge on any atom is 0.335 e. The Balaban J connectivity index is 1.87. The second-order valence-corrected chi connectivity index (χ2v) is 6.44. The highest BCUT2D eigenvalue weighted by molar-refractivity contribution is 5.91. The third-order valence-electron chi connectivity index (χ3n) is 4.14. The predicted molar refractivity (Wildman–Crippen MR) is 87.5 cm³/mol. The molecule has 0 saturated carbocycles. The van der Waals surface area contributed by atoms with Crippen LogP contribution in [0.4, 0.5) is 0 Å². The smallest absolute Gasteiger partial charge is 0.335 e. The molecule has 5 heteroatoms. The Morgan fingerprint density at radius 2 is 2.09 bits per heavy atom. The number of carbonyl (C=O) groups is 2. The Morgan fingerprint density at radius 3 is 2.78 bits per heavy atom. The van der Waals surface area contributed by atoms with Gasteiger partial charge in [-0.05, 0) is 30.4 Å². The lowest BCUT2D eigenvalue weighted by Gasteiger charge is -2.17. The van der Waals surface area contributed by atoms with Crippen molar-refractivity contribution in [1.29, 1.82) is 0 Å². The van der Waals surface area contributed by atoms with E-state index in [1.54, 1.807) is 23.1 Å². The number of amides is 1. The lowest BCUT2D eigenvalue weighted by molar-refractivity contribution is -0.130. The molecule has 0 aromatic heterocycles. The van der Waals surface area contributed by atoms with Crippen molar-refractivity contribution < 1.29 is 19.4 Å². The van der Waals surface area contributed by atoms with Crippen molar-refractivity contribution in [3.05, 3.63) is 35.4 Å². The molecule has 1 heterocycles. The number of nitrogens with zero attached hydrogens (tertiary/aromatic N) is 1. The number of carboxylic acids is 1. The predicted octanol–water partition coefficient (Wildman–Crippen LogP) is 2.59. The van der Waals surface area contributed by atoms with Crippen molar-refractivity contribution in [2.75, 3.05) is 19.7 Å². The molecule has 0 aliphatic carbocycles. The minimum atomic E-state index is -0.996. The maximum absolute atomic E-state index is 12.4. The Hall–Kier alpha value is -1.88. The van der Waals surface area contributed by atoms with E-state index in [0.717, 1.165) is 19.4 Å². The molecule has 1 amide bonds. The first-order valence-corrected chi connectivity index (χ1v) is 8.18. The normalized spacial score (nSPS) is 17.7. The Morgan fingerprint density at radius 1 is 1.35 bits per heavy atom. The number of hydrogen-bond donors (Lipinski definition) is 1. The van der Waals surface area contributed by atoms with Crippen LogP contribution in [0.3, 0.4) is 0 Å². The molecule has 1 N–H and O–H groups in total. The molecule has 1 aliphatic heterocycles. The molecule has 1 saturated heterocycles. The monoisotopic (exact) mass is 319 g/mol. The zero-order valence-corrected chi connectivity index (χ0v) is 13.8. The summed E-state index contributed by atoms with van der Waals surface area (Å²) in [5.41, 5.74) is 0.763. The lowest BCUT2D eigenvalue weighted by Crippen LogP contribution is -2.32. The Labute approximate surface area is 137 Å². The van der Waals surface area contributed by atoms with Gasteiger partial charge in [-0.25, -0.2) is 4.79 Å². The van der Waals surface area contributed by atoms with Crippen molar-refractivity contribution >= 4 is 11.9 Å². The van der Waals surface area contributed by atoms with Crippen molar-refractivity contribution in [3.63, 3.8) is 0 Å². The van der Waals surface area contributed by atoms with Crippen LogP contribution in [0, 0.1) is 5.92 Å². The molecular formula is C18H25NO4. The van der Waals surface area contributed by atoms with Crippen molar-refractivity contribution in [2.45, 2.75) is 39.2 Å². The molecule has 5 nitrogen and oxygen atoms in total. The summed E-state index contributed by atoms with van der Waals surface area (Å²) in [4.78, 5) is 25.4. The molecule has 0 spiro atoms. The van der Waals surface area contributed by atoms with E-state index in [0.29, 0.717) is 24.6 Å². The Kier molecular flexibility index (Phi) is 6.16. The van der Waals surface area contributed by atoms with Crippen molar-refractivity contribution in [3.8, 4) is 0 Å². The van der Waals surface area contributed by atoms with Gasteiger partial charge in [-0.1, -0.05) is 32.0 Å². The number of benzene rings is 1. The summed E-state index contributed by atoms with van der Waals surface area (Å²) in [5.74, 6) is -0.417. The number of aromatic carboxylic acids is 1. The molecule has 0 bridgehead atoms. The SMILES string of the molecule is CC(C)CCOC1CCN(C(=O)Cc2ccccc2C(=O)O)C1. The summed E-state index contributed by atoms with van der Waals surface area (Å²) in [7, 11) is 0. The van der Waals surface area contributed by atoms with Gasteiger partial charge in [0.2, 0.25) is 5.91 Å². The van der Waals surface area contributed by atoms with Crippen LogP contribution < -0.4 is 0 Å². The number of ether oxygens (including phenoxy) is 1. The van der Waals surface area contributed by atoms with E-state index in [1.807, 2.05) is 0 Å². The molecule has 1 aromatic rings. The second kappa shape index (κ2) is 8.11. The van der Waals surface area contributed by atoms with Gasteiger partial charge >= 0.3 is 5.97 Å². The van der Waals surface area contributed by atoms with Crippen LogP contribution in [-0.2, 0) is 16.0 Å². The van der Waals surface area contributed by atoms with Crippen LogP contribution >= 0.6 is 0 Å². The van der Waals surface area contributed by atoms with Gasteiger partial charge in [0.1, 0.15) is 0 Å². The summed E-state index contributed by atoms with van der Waals surface area (Å²) < 4.78 is 5.82. The summed E-state index contributed by atoms with van der Waals surface area (Å²) >= 11 is 0. The van der Waals surface area contributed by atoms with E-state index in [2.05, 4.69) is 13.8 Å². The number of hydrogen-bond acceptors (Lipinski definition) is 3. The first kappa shape index (κ1) is 17.5. The first-order valence-electron chi connectivity index (χ1n) is 8.18. The van der Waals surface area contributed by atoms with Crippen molar-refractivity contribution in [2.24, 2.45) is 5.92 Å². The largest absolute Gasteiger partial charge is 0.478 e. The molecule has 0 radical (unpaired) electrons. The summed E-state index contributed by atoms with van der Waals surface area (Å²) in [6.45, 7) is 6.33. The molecule has 1 aliphatic rings. The number of likely N-dealkylation sites (tertiary alicyclic amines) is 1. The van der Waals surface area contributed by atoms with Crippen molar-refractivity contribution in [1.82, 2.24) is 4.90 Å². The van der Waals surface area contributed by atoms with E-state index in [1.165, 1.54) is 6.07 Å². The van der Waals surface area contributed by atoms with Crippen LogP contribution in [0.2, 0.25) is 0 Å². The summed E-state index contributed by atoms with van der Waals surface area (Å²) in [6, 6.07) is 6.67. The fraction of sp³-hybridized carbons (Fsp3) is 0.556.